The van der Waals surface area contributed by atoms with E-state index < -0.39 is 35.2 Å². The van der Waals surface area contributed by atoms with Gasteiger partial charge in [0.05, 0.1) is 17.7 Å². The molecule has 1 fully saturated rings. The van der Waals surface area contributed by atoms with Crippen LogP contribution in [-0.4, -0.2) is 37.1 Å². The number of urea groups is 1. The van der Waals surface area contributed by atoms with Crippen molar-refractivity contribution in [2.24, 2.45) is 0 Å². The monoisotopic (exact) mass is 442 g/mol. The van der Waals surface area contributed by atoms with Crippen LogP contribution in [0.4, 0.5) is 48.2 Å². The fraction of sp³-hybridized carbons (Fsp3) is 0.300. The average molecular weight is 442 g/mol. The van der Waals surface area contributed by atoms with Gasteiger partial charge in [-0.05, 0) is 24.3 Å². The first kappa shape index (κ1) is 22.3. The highest BCUT2D eigenvalue weighted by Crippen LogP contribution is 2.37. The molecule has 1 saturated heterocycles. The van der Waals surface area contributed by atoms with Crippen LogP contribution in [0.1, 0.15) is 11.1 Å². The Kier molecular flexibility index (Phi) is 6.01. The fourth-order valence-electron chi connectivity index (χ4n) is 3.21. The first-order chi connectivity index (χ1) is 14.5. The molecule has 1 heterocycles. The van der Waals surface area contributed by atoms with Gasteiger partial charge in [0.15, 0.2) is 0 Å². The molecule has 2 aromatic rings. The number of carbonyl (C=O) groups is 1. The van der Waals surface area contributed by atoms with Gasteiger partial charge in [-0.3, -0.25) is 0 Å². The van der Waals surface area contributed by atoms with Crippen molar-refractivity contribution in [3.63, 3.8) is 0 Å². The van der Waals surface area contributed by atoms with Gasteiger partial charge < -0.3 is 15.1 Å². The Bertz CT molecular complexity index is 972. The molecule has 1 aliphatic rings. The minimum atomic E-state index is -5.00. The zero-order chi connectivity index (χ0) is 22.8. The summed E-state index contributed by atoms with van der Waals surface area (Å²) in [5, 5.41) is 2.13. The number of para-hydroxylation sites is 2. The van der Waals surface area contributed by atoms with E-state index in [1.54, 1.807) is 24.3 Å². The second-order valence-corrected chi connectivity index (χ2v) is 6.80. The Balaban J connectivity index is 1.72. The van der Waals surface area contributed by atoms with Crippen molar-refractivity contribution in [1.29, 1.82) is 0 Å². The van der Waals surface area contributed by atoms with Crippen LogP contribution in [0.2, 0.25) is 0 Å². The second kappa shape index (κ2) is 8.37. The van der Waals surface area contributed by atoms with E-state index in [0.717, 1.165) is 0 Å². The number of halogens is 6. The first-order valence-corrected chi connectivity index (χ1v) is 9.06. The molecule has 0 aliphatic carbocycles. The summed E-state index contributed by atoms with van der Waals surface area (Å²) in [6.07, 6.45) is -9.99. The third-order valence-corrected chi connectivity index (χ3v) is 4.75. The van der Waals surface area contributed by atoms with E-state index >= 15 is 0 Å². The maximum absolute atomic E-state index is 13.0. The van der Waals surface area contributed by atoms with Crippen LogP contribution < -0.4 is 10.2 Å². The number of alkyl halides is 6. The molecule has 3 rings (SSSR count). The van der Waals surface area contributed by atoms with Gasteiger partial charge in [-0.1, -0.05) is 18.2 Å². The highest BCUT2D eigenvalue weighted by atomic mass is 19.4. The van der Waals surface area contributed by atoms with Crippen molar-refractivity contribution in [2.75, 3.05) is 36.4 Å². The summed E-state index contributed by atoms with van der Waals surface area (Å²) in [7, 11) is 0. The van der Waals surface area contributed by atoms with Gasteiger partial charge in [0.1, 0.15) is 0 Å². The molecule has 0 spiro atoms. The zero-order valence-corrected chi connectivity index (χ0v) is 15.9. The molecular formula is C20H16F6N4O. The highest BCUT2D eigenvalue weighted by Gasteiger charge is 2.37. The number of anilines is 2. The molecule has 0 radical (unpaired) electrons. The van der Waals surface area contributed by atoms with Gasteiger partial charge in [0.25, 0.3) is 0 Å². The molecule has 1 N–H and O–H groups in total. The third kappa shape index (κ3) is 5.20. The molecule has 5 nitrogen and oxygen atoms in total. The largest absolute Gasteiger partial charge is 0.416 e. The smallest absolute Gasteiger partial charge is 0.377 e. The molecule has 0 bridgehead atoms. The maximum atomic E-state index is 13.0. The number of piperazine rings is 1. The Morgan fingerprint density at radius 3 is 1.97 bits per heavy atom. The van der Waals surface area contributed by atoms with E-state index in [2.05, 4.69) is 10.2 Å². The van der Waals surface area contributed by atoms with Crippen LogP contribution in [0.5, 0.6) is 0 Å². The Hall–Kier alpha value is -3.42. The lowest BCUT2D eigenvalue weighted by Gasteiger charge is -2.36. The molecule has 2 aromatic carbocycles. The van der Waals surface area contributed by atoms with Gasteiger partial charge >= 0.3 is 18.4 Å². The summed E-state index contributed by atoms with van der Waals surface area (Å²) < 4.78 is 77.9. The summed E-state index contributed by atoms with van der Waals surface area (Å²) in [6, 6.07) is 7.07. The maximum Gasteiger partial charge on any atom is 0.416 e. The van der Waals surface area contributed by atoms with Crippen molar-refractivity contribution in [3.05, 3.63) is 65.0 Å². The van der Waals surface area contributed by atoms with E-state index in [4.69, 9.17) is 6.57 Å². The predicted molar refractivity (Wildman–Crippen MR) is 102 cm³/mol. The lowest BCUT2D eigenvalue weighted by Crippen LogP contribution is -2.50. The second-order valence-electron chi connectivity index (χ2n) is 6.80. The number of benzene rings is 2. The Labute approximate surface area is 173 Å². The van der Waals surface area contributed by atoms with Crippen LogP contribution in [0, 0.1) is 6.57 Å². The van der Waals surface area contributed by atoms with Gasteiger partial charge in [-0.25, -0.2) is 9.64 Å². The predicted octanol–water partition coefficient (Wildman–Crippen LogP) is 5.63. The molecule has 2 amide bonds. The molecule has 31 heavy (non-hydrogen) atoms. The minimum Gasteiger partial charge on any atom is -0.377 e. The number of nitrogens with zero attached hydrogens (tertiary/aromatic N) is 3. The van der Waals surface area contributed by atoms with Crippen molar-refractivity contribution < 1.29 is 31.1 Å². The quantitative estimate of drug-likeness (QED) is 0.484. The molecule has 0 unspecified atom stereocenters. The van der Waals surface area contributed by atoms with Crippen molar-refractivity contribution in [3.8, 4) is 0 Å². The third-order valence-electron chi connectivity index (χ3n) is 4.75. The summed E-state index contributed by atoms with van der Waals surface area (Å²) >= 11 is 0. The number of hydrogen-bond donors (Lipinski definition) is 1. The van der Waals surface area contributed by atoms with E-state index in [-0.39, 0.29) is 19.2 Å². The minimum absolute atomic E-state index is 0.00320. The van der Waals surface area contributed by atoms with Gasteiger partial charge in [0, 0.05) is 37.6 Å². The van der Waals surface area contributed by atoms with E-state index in [1.807, 2.05) is 4.90 Å². The molecule has 164 valence electrons. The molecule has 11 heteroatoms. The molecule has 0 saturated carbocycles. The normalized spacial score (nSPS) is 14.9. The zero-order valence-electron chi connectivity index (χ0n) is 15.9. The number of hydrogen-bond acceptors (Lipinski definition) is 2. The number of rotatable bonds is 2. The Morgan fingerprint density at radius 1 is 0.903 bits per heavy atom. The van der Waals surface area contributed by atoms with Crippen LogP contribution >= 0.6 is 0 Å². The van der Waals surface area contributed by atoms with Crippen molar-refractivity contribution >= 4 is 23.1 Å². The Morgan fingerprint density at radius 2 is 1.45 bits per heavy atom. The van der Waals surface area contributed by atoms with Crippen LogP contribution in [0.25, 0.3) is 4.85 Å². The SMILES string of the molecule is [C-]#[N+]c1ccccc1N1CCN(C(=O)Nc2cc(C(F)(F)F)cc(C(F)(F)F)c2)CC1. The van der Waals surface area contributed by atoms with Crippen LogP contribution in [0.15, 0.2) is 42.5 Å². The molecular weight excluding hydrogens is 426 g/mol. The van der Waals surface area contributed by atoms with Crippen molar-refractivity contribution in [1.82, 2.24) is 4.90 Å². The first-order valence-electron chi connectivity index (χ1n) is 9.06. The highest BCUT2D eigenvalue weighted by molar-refractivity contribution is 5.90. The topological polar surface area (TPSA) is 39.9 Å². The van der Waals surface area contributed by atoms with E-state index in [9.17, 15) is 31.1 Å². The van der Waals surface area contributed by atoms with Gasteiger partial charge in [-0.2, -0.15) is 26.3 Å². The molecule has 0 aromatic heterocycles. The standard InChI is InChI=1S/C20H16F6N4O/c1-27-16-4-2-3-5-17(16)29-6-8-30(9-7-29)18(31)28-15-11-13(19(21,22)23)10-14(12-15)20(24,25)26/h2-5,10-12H,6-9H2,(H,28,31). The van der Waals surface area contributed by atoms with E-state index in [1.165, 1.54) is 4.90 Å². The van der Waals surface area contributed by atoms with Gasteiger partial charge in [0.2, 0.25) is 5.69 Å². The van der Waals surface area contributed by atoms with E-state index in [0.29, 0.717) is 36.6 Å². The van der Waals surface area contributed by atoms with Crippen LogP contribution in [-0.2, 0) is 12.4 Å². The van der Waals surface area contributed by atoms with Gasteiger partial charge in [-0.15, -0.1) is 0 Å². The van der Waals surface area contributed by atoms with Crippen LogP contribution in [0.3, 0.4) is 0 Å². The summed E-state index contributed by atoms with van der Waals surface area (Å²) in [4.78, 5) is 19.1. The number of carbonyl (C=O) groups excluding carboxylic acids is 1. The summed E-state index contributed by atoms with van der Waals surface area (Å²) in [5.41, 5.74) is -2.45. The molecule has 1 aliphatic heterocycles. The summed E-state index contributed by atoms with van der Waals surface area (Å²) in [6.45, 7) is 8.30. The number of nitrogens with one attached hydrogen (secondary N) is 1. The average Bonchev–Trinajstić information content (AvgIpc) is 2.72. The number of amides is 2. The lowest BCUT2D eigenvalue weighted by molar-refractivity contribution is -0.143. The summed E-state index contributed by atoms with van der Waals surface area (Å²) in [5.74, 6) is 0. The fourth-order valence-corrected chi connectivity index (χ4v) is 3.21. The van der Waals surface area contributed by atoms with Crippen molar-refractivity contribution in [2.45, 2.75) is 12.4 Å². The lowest BCUT2D eigenvalue weighted by atomic mass is 10.1. The molecule has 0 atom stereocenters.